The van der Waals surface area contributed by atoms with Gasteiger partial charge in [-0.1, -0.05) is 19.8 Å². The van der Waals surface area contributed by atoms with Crippen molar-refractivity contribution < 1.29 is 4.79 Å². The van der Waals surface area contributed by atoms with Gasteiger partial charge in [-0.25, -0.2) is 4.98 Å². The molecule has 1 amide bonds. The van der Waals surface area contributed by atoms with E-state index in [0.29, 0.717) is 21.6 Å². The van der Waals surface area contributed by atoms with Crippen molar-refractivity contribution in [2.75, 3.05) is 33.2 Å². The second-order valence-corrected chi connectivity index (χ2v) is 7.78. The van der Waals surface area contributed by atoms with Gasteiger partial charge < -0.3 is 9.80 Å². The summed E-state index contributed by atoms with van der Waals surface area (Å²) < 4.78 is 1.68. The van der Waals surface area contributed by atoms with E-state index in [9.17, 15) is 9.59 Å². The van der Waals surface area contributed by atoms with E-state index < -0.39 is 0 Å². The number of nitrogens with zero attached hydrogens (tertiary/aromatic N) is 4. The minimum atomic E-state index is -0.0210. The molecule has 0 aromatic carbocycles. The molecule has 1 saturated heterocycles. The zero-order chi connectivity index (χ0) is 18.0. The number of hydrogen-bond acceptors (Lipinski definition) is 5. The lowest BCUT2D eigenvalue weighted by atomic mass is 10.2. The Morgan fingerprint density at radius 2 is 1.96 bits per heavy atom. The van der Waals surface area contributed by atoms with Gasteiger partial charge in [-0.2, -0.15) is 0 Å². The molecule has 0 radical (unpaired) electrons. The van der Waals surface area contributed by atoms with Gasteiger partial charge in [0.1, 0.15) is 4.83 Å². The fraction of sp³-hybridized carbons (Fsp3) is 0.611. The number of carbonyl (C=O) groups is 1. The quantitative estimate of drug-likeness (QED) is 0.766. The zero-order valence-corrected chi connectivity index (χ0v) is 16.1. The molecule has 0 spiro atoms. The Kier molecular flexibility index (Phi) is 5.54. The van der Waals surface area contributed by atoms with Crippen molar-refractivity contribution in [1.82, 2.24) is 19.4 Å². The fourth-order valence-corrected chi connectivity index (χ4v) is 4.31. The van der Waals surface area contributed by atoms with Crippen LogP contribution in [0.5, 0.6) is 0 Å². The predicted octanol–water partition coefficient (Wildman–Crippen LogP) is 2.34. The number of carbonyl (C=O) groups excluding carboxylic acids is 1. The Morgan fingerprint density at radius 1 is 1.24 bits per heavy atom. The van der Waals surface area contributed by atoms with Crippen molar-refractivity contribution in [1.29, 1.82) is 0 Å². The number of rotatable bonds is 5. The van der Waals surface area contributed by atoms with Gasteiger partial charge in [0, 0.05) is 32.7 Å². The third-order valence-corrected chi connectivity index (χ3v) is 6.09. The lowest BCUT2D eigenvalue weighted by Gasteiger charge is -2.32. The molecule has 0 bridgehead atoms. The topological polar surface area (TPSA) is 58.4 Å². The number of aryl methyl sites for hydroxylation is 2. The van der Waals surface area contributed by atoms with Gasteiger partial charge >= 0.3 is 0 Å². The van der Waals surface area contributed by atoms with Gasteiger partial charge in [0.05, 0.1) is 16.6 Å². The summed E-state index contributed by atoms with van der Waals surface area (Å²) in [4.78, 5) is 35.6. The number of amides is 1. The van der Waals surface area contributed by atoms with Crippen molar-refractivity contribution in [2.24, 2.45) is 0 Å². The lowest BCUT2D eigenvalue weighted by molar-refractivity contribution is 0.0668. The van der Waals surface area contributed by atoms with Gasteiger partial charge in [-0.15, -0.1) is 11.3 Å². The van der Waals surface area contributed by atoms with Crippen LogP contribution in [-0.4, -0.2) is 58.5 Å². The second-order valence-electron chi connectivity index (χ2n) is 6.78. The smallest absolute Gasteiger partial charge is 0.264 e. The molecule has 136 valence electrons. The summed E-state index contributed by atoms with van der Waals surface area (Å²) in [5.74, 6) is 0.0329. The maximum atomic E-state index is 12.9. The van der Waals surface area contributed by atoms with Gasteiger partial charge in [0.15, 0.2) is 0 Å². The monoisotopic (exact) mass is 362 g/mol. The van der Waals surface area contributed by atoms with Crippen LogP contribution in [0.3, 0.4) is 0 Å². The van der Waals surface area contributed by atoms with E-state index in [-0.39, 0.29) is 11.5 Å². The first-order valence-corrected chi connectivity index (χ1v) is 9.81. The molecule has 2 aromatic rings. The summed E-state index contributed by atoms with van der Waals surface area (Å²) >= 11 is 1.35. The number of aromatic nitrogens is 2. The van der Waals surface area contributed by atoms with Crippen molar-refractivity contribution in [3.63, 3.8) is 0 Å². The van der Waals surface area contributed by atoms with Crippen LogP contribution in [0.15, 0.2) is 11.1 Å². The highest BCUT2D eigenvalue weighted by molar-refractivity contribution is 7.20. The van der Waals surface area contributed by atoms with Crippen LogP contribution in [0.25, 0.3) is 10.2 Å². The molecule has 6 nitrogen and oxygen atoms in total. The normalized spacial score (nSPS) is 15.9. The standard InChI is InChI=1S/C18H26N4O2S/c1-4-5-6-7-22-12-19-16-14(17(22)23)13(2)15(25-16)18(24)21-10-8-20(3)9-11-21/h12H,4-11H2,1-3H3. The van der Waals surface area contributed by atoms with Crippen LogP contribution < -0.4 is 5.56 Å². The molecule has 7 heteroatoms. The van der Waals surface area contributed by atoms with Crippen LogP contribution in [-0.2, 0) is 6.54 Å². The fourth-order valence-electron chi connectivity index (χ4n) is 3.21. The molecular weight excluding hydrogens is 336 g/mol. The third kappa shape index (κ3) is 3.62. The Morgan fingerprint density at radius 3 is 2.64 bits per heavy atom. The maximum Gasteiger partial charge on any atom is 0.264 e. The summed E-state index contributed by atoms with van der Waals surface area (Å²) in [6.07, 6.45) is 4.81. The van der Waals surface area contributed by atoms with Crippen LogP contribution in [0, 0.1) is 6.92 Å². The van der Waals surface area contributed by atoms with Crippen molar-refractivity contribution in [2.45, 2.75) is 39.7 Å². The average Bonchev–Trinajstić information content (AvgIpc) is 2.94. The van der Waals surface area contributed by atoms with Gasteiger partial charge in [-0.05, 0) is 26.0 Å². The number of fused-ring (bicyclic) bond motifs is 1. The molecule has 25 heavy (non-hydrogen) atoms. The van der Waals surface area contributed by atoms with E-state index in [1.807, 2.05) is 11.8 Å². The van der Waals surface area contributed by atoms with Gasteiger partial charge in [-0.3, -0.25) is 14.2 Å². The Bertz CT molecular complexity index is 818. The van der Waals surface area contributed by atoms with E-state index in [2.05, 4.69) is 23.9 Å². The number of thiophene rings is 1. The van der Waals surface area contributed by atoms with E-state index in [4.69, 9.17) is 0 Å². The second kappa shape index (κ2) is 7.66. The first-order chi connectivity index (χ1) is 12.0. The van der Waals surface area contributed by atoms with Gasteiger partial charge in [0.2, 0.25) is 0 Å². The highest BCUT2D eigenvalue weighted by Crippen LogP contribution is 2.28. The molecule has 0 saturated carbocycles. The number of unbranched alkanes of at least 4 members (excludes halogenated alkanes) is 2. The molecular formula is C18H26N4O2S. The molecule has 3 rings (SSSR count). The molecule has 0 atom stereocenters. The van der Waals surface area contributed by atoms with E-state index in [1.54, 1.807) is 10.9 Å². The third-order valence-electron chi connectivity index (χ3n) is 4.90. The van der Waals surface area contributed by atoms with Crippen LogP contribution >= 0.6 is 11.3 Å². The minimum absolute atomic E-state index is 0.0210. The summed E-state index contributed by atoms with van der Waals surface area (Å²) in [5.41, 5.74) is 0.763. The first-order valence-electron chi connectivity index (χ1n) is 8.99. The van der Waals surface area contributed by atoms with E-state index >= 15 is 0 Å². The average molecular weight is 362 g/mol. The van der Waals surface area contributed by atoms with E-state index in [0.717, 1.165) is 51.0 Å². The largest absolute Gasteiger partial charge is 0.335 e. The Balaban J connectivity index is 1.90. The molecule has 0 aliphatic carbocycles. The predicted molar refractivity (Wildman–Crippen MR) is 102 cm³/mol. The molecule has 0 unspecified atom stereocenters. The number of likely N-dealkylation sites (N-methyl/N-ethyl adjacent to an activating group) is 1. The number of hydrogen-bond donors (Lipinski definition) is 0. The van der Waals surface area contributed by atoms with Gasteiger partial charge in [0.25, 0.3) is 11.5 Å². The lowest BCUT2D eigenvalue weighted by Crippen LogP contribution is -2.47. The molecule has 0 N–H and O–H groups in total. The Hall–Kier alpha value is -1.73. The zero-order valence-electron chi connectivity index (χ0n) is 15.2. The molecule has 1 aliphatic rings. The summed E-state index contributed by atoms with van der Waals surface area (Å²) in [6.45, 7) is 7.95. The Labute approximate surface area is 152 Å². The number of piperazine rings is 1. The highest BCUT2D eigenvalue weighted by atomic mass is 32.1. The summed E-state index contributed by atoms with van der Waals surface area (Å²) in [5, 5.41) is 0.612. The highest BCUT2D eigenvalue weighted by Gasteiger charge is 2.25. The van der Waals surface area contributed by atoms with Crippen molar-refractivity contribution in [3.8, 4) is 0 Å². The summed E-state index contributed by atoms with van der Waals surface area (Å²) in [7, 11) is 2.07. The van der Waals surface area contributed by atoms with Crippen LogP contribution in [0.2, 0.25) is 0 Å². The van der Waals surface area contributed by atoms with Crippen molar-refractivity contribution in [3.05, 3.63) is 27.1 Å². The molecule has 1 fully saturated rings. The molecule has 3 heterocycles. The van der Waals surface area contributed by atoms with E-state index in [1.165, 1.54) is 11.3 Å². The van der Waals surface area contributed by atoms with Crippen LogP contribution in [0.4, 0.5) is 0 Å². The van der Waals surface area contributed by atoms with Crippen LogP contribution in [0.1, 0.15) is 41.4 Å². The van der Waals surface area contributed by atoms with Crippen molar-refractivity contribution >= 4 is 27.5 Å². The molecule has 2 aromatic heterocycles. The minimum Gasteiger partial charge on any atom is -0.335 e. The molecule has 1 aliphatic heterocycles. The SMILES string of the molecule is CCCCCn1cnc2sc(C(=O)N3CCN(C)CC3)c(C)c2c1=O. The summed E-state index contributed by atoms with van der Waals surface area (Å²) in [6, 6.07) is 0. The maximum absolute atomic E-state index is 12.9. The first kappa shape index (κ1) is 18.1.